The average Bonchev–Trinajstić information content (AvgIpc) is 2.50. The van der Waals surface area contributed by atoms with Crippen LogP contribution in [-0.4, -0.2) is 23.4 Å². The first kappa shape index (κ1) is 13.5. The third-order valence-electron chi connectivity index (χ3n) is 3.22. The molecule has 0 aliphatic rings. The fourth-order valence-corrected chi connectivity index (χ4v) is 2.00. The van der Waals surface area contributed by atoms with Gasteiger partial charge in [-0.25, -0.2) is 4.79 Å². The van der Waals surface area contributed by atoms with Crippen LogP contribution < -0.4 is 0 Å². The number of aromatic nitrogens is 1. The van der Waals surface area contributed by atoms with E-state index in [0.717, 1.165) is 17.0 Å². The number of hydrogen-bond donors (Lipinski definition) is 0. The van der Waals surface area contributed by atoms with Crippen molar-refractivity contribution in [2.45, 2.75) is 33.6 Å². The van der Waals surface area contributed by atoms with Crippen LogP contribution in [0.15, 0.2) is 0 Å². The van der Waals surface area contributed by atoms with E-state index in [9.17, 15) is 9.59 Å². The van der Waals surface area contributed by atoms with Gasteiger partial charge >= 0.3 is 5.97 Å². The van der Waals surface area contributed by atoms with E-state index < -0.39 is 0 Å². The zero-order chi connectivity index (χ0) is 13.2. The van der Waals surface area contributed by atoms with Gasteiger partial charge in [-0.3, -0.25) is 0 Å². The van der Waals surface area contributed by atoms with Crippen LogP contribution in [0.4, 0.5) is 0 Å². The zero-order valence-corrected chi connectivity index (χ0v) is 11.1. The van der Waals surface area contributed by atoms with Crippen molar-refractivity contribution in [3.63, 3.8) is 0 Å². The summed E-state index contributed by atoms with van der Waals surface area (Å²) in [4.78, 5) is 22.8. The lowest BCUT2D eigenvalue weighted by molar-refractivity contribution is -0.116. The smallest absolute Gasteiger partial charge is 0.339 e. The molecule has 0 fully saturated rings. The van der Waals surface area contributed by atoms with Crippen LogP contribution in [0.5, 0.6) is 0 Å². The molecule has 0 unspecified atom stereocenters. The molecule has 0 bridgehead atoms. The highest BCUT2D eigenvalue weighted by atomic mass is 16.5. The van der Waals surface area contributed by atoms with Gasteiger partial charge in [0.25, 0.3) is 0 Å². The predicted molar refractivity (Wildman–Crippen MR) is 65.2 cm³/mol. The molecule has 0 aliphatic carbocycles. The minimum atomic E-state index is -0.329. The minimum absolute atomic E-state index is 0.127. The number of hydrogen-bond acceptors (Lipinski definition) is 3. The van der Waals surface area contributed by atoms with E-state index in [1.54, 1.807) is 6.92 Å². The van der Waals surface area contributed by atoms with Crippen LogP contribution in [0.1, 0.15) is 40.7 Å². The molecule has 4 heteroatoms. The van der Waals surface area contributed by atoms with E-state index in [-0.39, 0.29) is 11.8 Å². The average molecular weight is 237 g/mol. The number of ketones is 1. The molecule has 0 spiro atoms. The molecule has 0 atom stereocenters. The predicted octanol–water partition coefficient (Wildman–Crippen LogP) is 1.95. The van der Waals surface area contributed by atoms with Gasteiger partial charge in [0.1, 0.15) is 5.78 Å². The summed E-state index contributed by atoms with van der Waals surface area (Å²) in [5, 5.41) is 0. The first-order valence-electron chi connectivity index (χ1n) is 5.62. The molecule has 0 saturated carbocycles. The van der Waals surface area contributed by atoms with Crippen molar-refractivity contribution in [1.29, 1.82) is 0 Å². The molecular weight excluding hydrogens is 218 g/mol. The number of carbonyl (C=O) groups excluding carboxylic acids is 2. The number of rotatable bonds is 4. The van der Waals surface area contributed by atoms with Crippen LogP contribution >= 0.6 is 0 Å². The fraction of sp³-hybridized carbons (Fsp3) is 0.538. The second-order valence-corrected chi connectivity index (χ2v) is 4.28. The second-order valence-electron chi connectivity index (χ2n) is 4.28. The van der Waals surface area contributed by atoms with Gasteiger partial charge in [0.05, 0.1) is 12.7 Å². The summed E-state index contributed by atoms with van der Waals surface area (Å²) in [6, 6.07) is 0. The van der Waals surface area contributed by atoms with Gasteiger partial charge in [0.2, 0.25) is 0 Å². The van der Waals surface area contributed by atoms with Gasteiger partial charge in [-0.2, -0.15) is 0 Å². The van der Waals surface area contributed by atoms with Crippen molar-refractivity contribution in [3.8, 4) is 0 Å². The molecule has 4 nitrogen and oxygen atoms in total. The normalized spacial score (nSPS) is 10.4. The number of Topliss-reactive ketones (excluding diaryl/α,β-unsaturated/α-hetero) is 1. The molecule has 1 aromatic heterocycles. The molecule has 0 amide bonds. The summed E-state index contributed by atoms with van der Waals surface area (Å²) in [5.41, 5.74) is 3.43. The highest BCUT2D eigenvalue weighted by Gasteiger charge is 2.21. The van der Waals surface area contributed by atoms with Crippen molar-refractivity contribution < 1.29 is 14.3 Å². The Morgan fingerprint density at radius 3 is 2.29 bits per heavy atom. The van der Waals surface area contributed by atoms with Crippen LogP contribution in [-0.2, 0) is 23.0 Å². The van der Waals surface area contributed by atoms with Crippen molar-refractivity contribution in [2.75, 3.05) is 7.11 Å². The molecule has 0 aromatic carbocycles. The van der Waals surface area contributed by atoms with Gasteiger partial charge in [-0.05, 0) is 32.8 Å². The van der Waals surface area contributed by atoms with E-state index in [1.165, 1.54) is 7.11 Å². The van der Waals surface area contributed by atoms with Crippen molar-refractivity contribution >= 4 is 11.8 Å². The Morgan fingerprint density at radius 1 is 1.24 bits per heavy atom. The first-order valence-corrected chi connectivity index (χ1v) is 5.62. The fourth-order valence-electron chi connectivity index (χ4n) is 2.00. The second kappa shape index (κ2) is 5.17. The number of nitrogens with zero attached hydrogens (tertiary/aromatic N) is 1. The monoisotopic (exact) mass is 237 g/mol. The van der Waals surface area contributed by atoms with Crippen molar-refractivity contribution in [1.82, 2.24) is 4.57 Å². The van der Waals surface area contributed by atoms with Gasteiger partial charge in [0.15, 0.2) is 0 Å². The Morgan fingerprint density at radius 2 is 1.82 bits per heavy atom. The summed E-state index contributed by atoms with van der Waals surface area (Å²) in [6.45, 7) is 5.40. The molecule has 0 radical (unpaired) electrons. The van der Waals surface area contributed by atoms with Crippen molar-refractivity contribution in [2.24, 2.45) is 7.05 Å². The van der Waals surface area contributed by atoms with E-state index in [2.05, 4.69) is 0 Å². The molecule has 0 aliphatic heterocycles. The first-order chi connectivity index (χ1) is 7.90. The number of methoxy groups -OCH3 is 1. The SMILES string of the molecule is COC(=O)c1c(CCC(C)=O)c(C)n(C)c1C. The van der Waals surface area contributed by atoms with Crippen LogP contribution in [0, 0.1) is 13.8 Å². The maximum atomic E-state index is 11.7. The Hall–Kier alpha value is -1.58. The van der Waals surface area contributed by atoms with Gasteiger partial charge in [0, 0.05) is 24.9 Å². The third kappa shape index (κ3) is 2.57. The lowest BCUT2D eigenvalue weighted by atomic mass is 10.0. The van der Waals surface area contributed by atoms with Crippen LogP contribution in [0.2, 0.25) is 0 Å². The molecule has 0 N–H and O–H groups in total. The van der Waals surface area contributed by atoms with E-state index in [0.29, 0.717) is 18.4 Å². The Balaban J connectivity index is 3.21. The molecule has 94 valence electrons. The molecular formula is C13H19NO3. The molecule has 0 saturated heterocycles. The zero-order valence-electron chi connectivity index (χ0n) is 11.1. The number of carbonyl (C=O) groups is 2. The summed E-state index contributed by atoms with van der Waals surface area (Å²) in [6.07, 6.45) is 1.04. The van der Waals surface area contributed by atoms with Crippen LogP contribution in [0.25, 0.3) is 0 Å². The van der Waals surface area contributed by atoms with E-state index in [4.69, 9.17) is 4.74 Å². The summed E-state index contributed by atoms with van der Waals surface area (Å²) < 4.78 is 6.76. The highest BCUT2D eigenvalue weighted by Crippen LogP contribution is 2.23. The van der Waals surface area contributed by atoms with Crippen LogP contribution in [0.3, 0.4) is 0 Å². The molecule has 1 rings (SSSR count). The van der Waals surface area contributed by atoms with E-state index in [1.807, 2.05) is 25.5 Å². The Labute approximate surface area is 102 Å². The van der Waals surface area contributed by atoms with Gasteiger partial charge in [-0.1, -0.05) is 0 Å². The quantitative estimate of drug-likeness (QED) is 0.752. The molecule has 1 aromatic rings. The van der Waals surface area contributed by atoms with Crippen molar-refractivity contribution in [3.05, 3.63) is 22.5 Å². The number of ether oxygens (including phenoxy) is 1. The summed E-state index contributed by atoms with van der Waals surface area (Å²) in [7, 11) is 3.28. The largest absolute Gasteiger partial charge is 0.465 e. The lowest BCUT2D eigenvalue weighted by Gasteiger charge is -2.03. The Bertz CT molecular complexity index is 458. The van der Waals surface area contributed by atoms with Gasteiger partial charge < -0.3 is 14.1 Å². The maximum absolute atomic E-state index is 11.7. The Kier molecular flexibility index (Phi) is 4.10. The summed E-state index contributed by atoms with van der Waals surface area (Å²) >= 11 is 0. The maximum Gasteiger partial charge on any atom is 0.339 e. The molecule has 17 heavy (non-hydrogen) atoms. The minimum Gasteiger partial charge on any atom is -0.465 e. The lowest BCUT2D eigenvalue weighted by Crippen LogP contribution is -2.07. The van der Waals surface area contributed by atoms with E-state index >= 15 is 0 Å². The number of esters is 1. The molecule has 1 heterocycles. The highest BCUT2D eigenvalue weighted by molar-refractivity contribution is 5.93. The topological polar surface area (TPSA) is 48.3 Å². The third-order valence-corrected chi connectivity index (χ3v) is 3.22. The van der Waals surface area contributed by atoms with Gasteiger partial charge in [-0.15, -0.1) is 0 Å². The summed E-state index contributed by atoms with van der Waals surface area (Å²) in [5.74, 6) is -0.202. The standard InChI is InChI=1S/C13H19NO3/c1-8(15)6-7-11-9(2)14(4)10(3)12(11)13(16)17-5/h6-7H2,1-5H3.